The van der Waals surface area contributed by atoms with Gasteiger partial charge in [-0.25, -0.2) is 0 Å². The number of hydrogen-bond acceptors (Lipinski definition) is 2. The molecular weight excluding hydrogens is 300 g/mol. The van der Waals surface area contributed by atoms with Gasteiger partial charge in [-0.15, -0.1) is 6.58 Å². The first-order valence-electron chi connectivity index (χ1n) is 7.51. The number of rotatable bonds is 10. The van der Waals surface area contributed by atoms with Crippen LogP contribution in [0.25, 0.3) is 0 Å². The number of amides is 2. The second-order valence-electron chi connectivity index (χ2n) is 5.22. The average Bonchev–Trinajstić information content (AvgIpc) is 2.49. The van der Waals surface area contributed by atoms with Crippen molar-refractivity contribution in [3.05, 3.63) is 47.5 Å². The highest BCUT2D eigenvalue weighted by Crippen LogP contribution is 2.11. The predicted octanol–water partition coefficient (Wildman–Crippen LogP) is 3.45. The zero-order chi connectivity index (χ0) is 16.4. The third kappa shape index (κ3) is 6.76. The summed E-state index contributed by atoms with van der Waals surface area (Å²) in [6, 6.07) is 5.86. The van der Waals surface area contributed by atoms with Crippen LogP contribution in [0.1, 0.15) is 48.9 Å². The lowest BCUT2D eigenvalue weighted by atomic mass is 10.1. The molecule has 120 valence electrons. The molecule has 0 aliphatic rings. The maximum atomic E-state index is 12.1. The molecule has 1 aromatic rings. The Kier molecular flexibility index (Phi) is 8.30. The molecule has 5 heteroatoms. The fraction of sp³-hybridized carbons (Fsp3) is 0.412. The van der Waals surface area contributed by atoms with Gasteiger partial charge in [0.05, 0.1) is 0 Å². The first kappa shape index (κ1) is 18.2. The summed E-state index contributed by atoms with van der Waals surface area (Å²) >= 11 is 5.78. The highest BCUT2D eigenvalue weighted by molar-refractivity contribution is 6.30. The third-order valence-corrected chi connectivity index (χ3v) is 3.66. The summed E-state index contributed by atoms with van der Waals surface area (Å²) in [7, 11) is 0. The predicted molar refractivity (Wildman–Crippen MR) is 89.8 cm³/mol. The largest absolute Gasteiger partial charge is 0.368 e. The van der Waals surface area contributed by atoms with Crippen LogP contribution >= 0.6 is 11.6 Å². The standard InChI is InChI=1S/C17H23ClN2O2/c1-2-3-4-5-6-7-8-15(16(19)21)20-17(22)13-9-11-14(18)12-10-13/h2,9-12,15H,1,3-8H2,(H2,19,21)(H,20,22)/t15-/m0/s1. The molecule has 0 spiro atoms. The van der Waals surface area contributed by atoms with Crippen molar-refractivity contribution < 1.29 is 9.59 Å². The van der Waals surface area contributed by atoms with Crippen LogP contribution < -0.4 is 11.1 Å². The van der Waals surface area contributed by atoms with E-state index in [4.69, 9.17) is 17.3 Å². The van der Waals surface area contributed by atoms with Crippen molar-refractivity contribution in [3.63, 3.8) is 0 Å². The molecule has 0 unspecified atom stereocenters. The fourth-order valence-corrected chi connectivity index (χ4v) is 2.25. The van der Waals surface area contributed by atoms with E-state index in [0.29, 0.717) is 17.0 Å². The minimum absolute atomic E-state index is 0.313. The summed E-state index contributed by atoms with van der Waals surface area (Å²) in [5, 5.41) is 3.24. The topological polar surface area (TPSA) is 72.2 Å². The van der Waals surface area contributed by atoms with E-state index in [9.17, 15) is 9.59 Å². The highest BCUT2D eigenvalue weighted by atomic mass is 35.5. The zero-order valence-electron chi connectivity index (χ0n) is 12.7. The maximum absolute atomic E-state index is 12.1. The number of carbonyl (C=O) groups is 2. The normalized spacial score (nSPS) is 11.7. The molecule has 0 aliphatic carbocycles. The molecular formula is C17H23ClN2O2. The van der Waals surface area contributed by atoms with Crippen LogP contribution in [0.15, 0.2) is 36.9 Å². The van der Waals surface area contributed by atoms with Gasteiger partial charge in [0.25, 0.3) is 5.91 Å². The second-order valence-corrected chi connectivity index (χ2v) is 5.65. The van der Waals surface area contributed by atoms with Gasteiger partial charge in [0.1, 0.15) is 6.04 Å². The molecule has 0 fully saturated rings. The fourth-order valence-electron chi connectivity index (χ4n) is 2.12. The van der Waals surface area contributed by atoms with Gasteiger partial charge in [-0.2, -0.15) is 0 Å². The lowest BCUT2D eigenvalue weighted by Crippen LogP contribution is -2.44. The number of benzene rings is 1. The summed E-state index contributed by atoms with van der Waals surface area (Å²) in [4.78, 5) is 23.5. The number of unbranched alkanes of at least 4 members (excludes halogenated alkanes) is 4. The molecule has 4 nitrogen and oxygen atoms in total. The highest BCUT2D eigenvalue weighted by Gasteiger charge is 2.18. The van der Waals surface area contributed by atoms with Gasteiger partial charge in [0.2, 0.25) is 5.91 Å². The Labute approximate surface area is 136 Å². The molecule has 0 radical (unpaired) electrons. The third-order valence-electron chi connectivity index (χ3n) is 3.41. The van der Waals surface area contributed by atoms with Gasteiger partial charge in [0, 0.05) is 10.6 Å². The van der Waals surface area contributed by atoms with Crippen molar-refractivity contribution in [2.24, 2.45) is 5.73 Å². The Morgan fingerprint density at radius 1 is 1.18 bits per heavy atom. The summed E-state index contributed by atoms with van der Waals surface area (Å²) in [6.45, 7) is 3.68. The number of primary amides is 1. The van der Waals surface area contributed by atoms with Crippen LogP contribution in [0.2, 0.25) is 5.02 Å². The van der Waals surface area contributed by atoms with E-state index in [1.807, 2.05) is 6.08 Å². The first-order chi connectivity index (χ1) is 10.5. The van der Waals surface area contributed by atoms with E-state index < -0.39 is 11.9 Å². The summed E-state index contributed by atoms with van der Waals surface area (Å²) in [5.74, 6) is -0.819. The minimum atomic E-state index is -0.636. The van der Waals surface area contributed by atoms with Crippen LogP contribution in [0.4, 0.5) is 0 Å². The lowest BCUT2D eigenvalue weighted by Gasteiger charge is -2.15. The van der Waals surface area contributed by atoms with Gasteiger partial charge in [0.15, 0.2) is 0 Å². The van der Waals surface area contributed by atoms with Gasteiger partial charge in [-0.3, -0.25) is 9.59 Å². The van der Waals surface area contributed by atoms with E-state index >= 15 is 0 Å². The molecule has 3 N–H and O–H groups in total. The molecule has 1 rings (SSSR count). The number of halogens is 1. The Bertz CT molecular complexity index is 500. The SMILES string of the molecule is C=CCCCCCC[C@H](NC(=O)c1ccc(Cl)cc1)C(N)=O. The zero-order valence-corrected chi connectivity index (χ0v) is 13.4. The molecule has 1 aromatic carbocycles. The van der Waals surface area contributed by atoms with Crippen molar-refractivity contribution in [3.8, 4) is 0 Å². The molecule has 0 saturated heterocycles. The molecule has 22 heavy (non-hydrogen) atoms. The second kappa shape index (κ2) is 10.0. The Balaban J connectivity index is 2.43. The van der Waals surface area contributed by atoms with Gasteiger partial charge in [-0.05, 0) is 43.5 Å². The molecule has 2 amide bonds. The number of nitrogens with one attached hydrogen (secondary N) is 1. The van der Waals surface area contributed by atoms with Crippen LogP contribution in [0, 0.1) is 0 Å². The summed E-state index contributed by atoms with van der Waals surface area (Å²) in [6.07, 6.45) is 7.51. The average molecular weight is 323 g/mol. The van der Waals surface area contributed by atoms with E-state index in [1.54, 1.807) is 24.3 Å². The molecule has 0 saturated carbocycles. The molecule has 0 bridgehead atoms. The van der Waals surface area contributed by atoms with E-state index in [-0.39, 0.29) is 5.91 Å². The number of hydrogen-bond donors (Lipinski definition) is 2. The van der Waals surface area contributed by atoms with Gasteiger partial charge >= 0.3 is 0 Å². The maximum Gasteiger partial charge on any atom is 0.251 e. The van der Waals surface area contributed by atoms with Crippen molar-refractivity contribution in [2.45, 2.75) is 44.6 Å². The van der Waals surface area contributed by atoms with Crippen LogP contribution in [0.3, 0.4) is 0 Å². The molecule has 1 atom stereocenters. The first-order valence-corrected chi connectivity index (χ1v) is 7.89. The van der Waals surface area contributed by atoms with Gasteiger partial charge < -0.3 is 11.1 Å². The Morgan fingerprint density at radius 3 is 2.41 bits per heavy atom. The quantitative estimate of drug-likeness (QED) is 0.511. The van der Waals surface area contributed by atoms with Crippen molar-refractivity contribution >= 4 is 23.4 Å². The Hall–Kier alpha value is -1.81. The van der Waals surface area contributed by atoms with Crippen LogP contribution in [-0.2, 0) is 4.79 Å². The number of allylic oxidation sites excluding steroid dienone is 1. The minimum Gasteiger partial charge on any atom is -0.368 e. The van der Waals surface area contributed by atoms with Crippen molar-refractivity contribution in [1.29, 1.82) is 0 Å². The number of carbonyl (C=O) groups excluding carboxylic acids is 2. The van der Waals surface area contributed by atoms with E-state index in [2.05, 4.69) is 11.9 Å². The monoisotopic (exact) mass is 322 g/mol. The molecule has 0 aliphatic heterocycles. The van der Waals surface area contributed by atoms with Crippen LogP contribution in [-0.4, -0.2) is 17.9 Å². The molecule has 0 aromatic heterocycles. The Morgan fingerprint density at radius 2 is 1.82 bits per heavy atom. The summed E-state index contributed by atoms with van der Waals surface area (Å²) < 4.78 is 0. The number of nitrogens with two attached hydrogens (primary N) is 1. The smallest absolute Gasteiger partial charge is 0.251 e. The van der Waals surface area contributed by atoms with E-state index in [0.717, 1.165) is 32.1 Å². The lowest BCUT2D eigenvalue weighted by molar-refractivity contribution is -0.120. The van der Waals surface area contributed by atoms with Gasteiger partial charge in [-0.1, -0.05) is 36.9 Å². The molecule has 0 heterocycles. The summed E-state index contributed by atoms with van der Waals surface area (Å²) in [5.41, 5.74) is 5.82. The van der Waals surface area contributed by atoms with E-state index in [1.165, 1.54) is 0 Å². The van der Waals surface area contributed by atoms with Crippen LogP contribution in [0.5, 0.6) is 0 Å². The van der Waals surface area contributed by atoms with Crippen molar-refractivity contribution in [1.82, 2.24) is 5.32 Å². The van der Waals surface area contributed by atoms with Crippen molar-refractivity contribution in [2.75, 3.05) is 0 Å².